The average molecular weight is 347 g/mol. The van der Waals surface area contributed by atoms with E-state index in [-0.39, 0.29) is 16.0 Å². The molecular formula is C15H23ClN2O3S. The van der Waals surface area contributed by atoms with E-state index in [2.05, 4.69) is 4.72 Å². The predicted octanol–water partition coefficient (Wildman–Crippen LogP) is 2.45. The molecule has 1 aromatic rings. The normalized spacial score (nSPS) is 17.6. The quantitative estimate of drug-likeness (QED) is 0.829. The first-order chi connectivity index (χ1) is 10.4. The van der Waals surface area contributed by atoms with Gasteiger partial charge in [-0.05, 0) is 43.4 Å². The molecule has 124 valence electrons. The third-order valence-corrected chi connectivity index (χ3v) is 6.20. The second kappa shape index (κ2) is 7.17. The van der Waals surface area contributed by atoms with Crippen LogP contribution in [0.2, 0.25) is 5.02 Å². The molecule has 1 saturated carbocycles. The molecule has 1 aliphatic carbocycles. The van der Waals surface area contributed by atoms with Crippen LogP contribution in [0.5, 0.6) is 5.75 Å². The molecule has 1 atom stereocenters. The molecule has 22 heavy (non-hydrogen) atoms. The van der Waals surface area contributed by atoms with Gasteiger partial charge in [-0.25, -0.2) is 13.1 Å². The lowest BCUT2D eigenvalue weighted by atomic mass is 9.99. The Morgan fingerprint density at radius 1 is 1.41 bits per heavy atom. The topological polar surface area (TPSA) is 81.4 Å². The van der Waals surface area contributed by atoms with Gasteiger partial charge in [-0.3, -0.25) is 0 Å². The molecule has 5 nitrogen and oxygen atoms in total. The summed E-state index contributed by atoms with van der Waals surface area (Å²) in [6.45, 7) is 2.02. The molecule has 1 aliphatic rings. The van der Waals surface area contributed by atoms with Crippen molar-refractivity contribution >= 4 is 21.6 Å². The molecule has 1 unspecified atom stereocenters. The van der Waals surface area contributed by atoms with Crippen molar-refractivity contribution in [3.63, 3.8) is 0 Å². The number of methoxy groups -OCH3 is 1. The number of hydrogen-bond acceptors (Lipinski definition) is 4. The van der Waals surface area contributed by atoms with Crippen LogP contribution in [0, 0.1) is 12.8 Å². The zero-order chi connectivity index (χ0) is 16.3. The van der Waals surface area contributed by atoms with Crippen molar-refractivity contribution in [1.29, 1.82) is 0 Å². The Kier molecular flexibility index (Phi) is 5.71. The van der Waals surface area contributed by atoms with Crippen LogP contribution < -0.4 is 15.2 Å². The fourth-order valence-corrected chi connectivity index (χ4v) is 4.92. The molecule has 1 aromatic carbocycles. The number of rotatable bonds is 6. The summed E-state index contributed by atoms with van der Waals surface area (Å²) in [5.74, 6) is 0.776. The Balaban J connectivity index is 2.27. The van der Waals surface area contributed by atoms with Crippen LogP contribution in [0.4, 0.5) is 0 Å². The van der Waals surface area contributed by atoms with E-state index in [4.69, 9.17) is 22.1 Å². The van der Waals surface area contributed by atoms with Gasteiger partial charge >= 0.3 is 0 Å². The van der Waals surface area contributed by atoms with E-state index < -0.39 is 10.0 Å². The number of benzene rings is 1. The summed E-state index contributed by atoms with van der Waals surface area (Å²) in [5, 5.41) is 0.277. The van der Waals surface area contributed by atoms with Crippen molar-refractivity contribution in [2.24, 2.45) is 11.7 Å². The maximum absolute atomic E-state index is 12.7. The monoisotopic (exact) mass is 346 g/mol. The molecule has 0 radical (unpaired) electrons. The second-order valence-electron chi connectivity index (χ2n) is 5.76. The van der Waals surface area contributed by atoms with Gasteiger partial charge in [0, 0.05) is 12.6 Å². The zero-order valence-corrected chi connectivity index (χ0v) is 14.5. The number of aryl methyl sites for hydroxylation is 1. The van der Waals surface area contributed by atoms with Gasteiger partial charge in [0.05, 0.1) is 17.0 Å². The third-order valence-electron chi connectivity index (χ3n) is 4.27. The number of nitrogens with two attached hydrogens (primary N) is 1. The highest BCUT2D eigenvalue weighted by Crippen LogP contribution is 2.31. The standard InChI is InChI=1S/C15H23ClN2O3S/c1-10-7-14(21-2)12(16)8-15(10)22(19,20)18-13(9-17)11-5-3-4-6-11/h7-8,11,13,18H,3-6,9,17H2,1-2H3. The molecule has 0 spiro atoms. The van der Waals surface area contributed by atoms with Gasteiger partial charge in [0.15, 0.2) is 0 Å². The van der Waals surface area contributed by atoms with E-state index >= 15 is 0 Å². The molecule has 7 heteroatoms. The van der Waals surface area contributed by atoms with Gasteiger partial charge < -0.3 is 10.5 Å². The molecule has 2 rings (SSSR count). The summed E-state index contributed by atoms with van der Waals surface area (Å²) in [6.07, 6.45) is 4.31. The molecule has 0 saturated heterocycles. The molecule has 0 amide bonds. The first-order valence-corrected chi connectivity index (χ1v) is 9.31. The van der Waals surface area contributed by atoms with Gasteiger partial charge in [0.1, 0.15) is 5.75 Å². The van der Waals surface area contributed by atoms with E-state index in [1.54, 1.807) is 13.0 Å². The highest BCUT2D eigenvalue weighted by Gasteiger charge is 2.29. The van der Waals surface area contributed by atoms with Crippen molar-refractivity contribution in [3.8, 4) is 5.75 Å². The summed E-state index contributed by atoms with van der Waals surface area (Å²) >= 11 is 6.06. The Morgan fingerprint density at radius 2 is 2.05 bits per heavy atom. The van der Waals surface area contributed by atoms with E-state index in [0.29, 0.717) is 23.8 Å². The van der Waals surface area contributed by atoms with Gasteiger partial charge in [-0.15, -0.1) is 0 Å². The summed E-state index contributed by atoms with van der Waals surface area (Å²) in [4.78, 5) is 0.176. The van der Waals surface area contributed by atoms with E-state index in [9.17, 15) is 8.42 Å². The fourth-order valence-electron chi connectivity index (χ4n) is 3.04. The number of nitrogens with one attached hydrogen (secondary N) is 1. The Bertz CT molecular complexity index is 628. The maximum Gasteiger partial charge on any atom is 0.241 e. The van der Waals surface area contributed by atoms with Crippen molar-refractivity contribution < 1.29 is 13.2 Å². The van der Waals surface area contributed by atoms with Gasteiger partial charge in [0.25, 0.3) is 0 Å². The molecule has 0 aromatic heterocycles. The van der Waals surface area contributed by atoms with Crippen molar-refractivity contribution in [2.45, 2.75) is 43.5 Å². The third kappa shape index (κ3) is 3.74. The summed E-state index contributed by atoms with van der Waals surface area (Å²) in [5.41, 5.74) is 6.37. The number of hydrogen-bond donors (Lipinski definition) is 2. The fraction of sp³-hybridized carbons (Fsp3) is 0.600. The first kappa shape index (κ1) is 17.5. The van der Waals surface area contributed by atoms with Crippen molar-refractivity contribution in [2.75, 3.05) is 13.7 Å². The average Bonchev–Trinajstić information content (AvgIpc) is 3.00. The highest BCUT2D eigenvalue weighted by molar-refractivity contribution is 7.89. The molecule has 0 aliphatic heterocycles. The van der Waals surface area contributed by atoms with Crippen LogP contribution in [0.25, 0.3) is 0 Å². The van der Waals surface area contributed by atoms with Crippen LogP contribution in [0.15, 0.2) is 17.0 Å². The second-order valence-corrected chi connectivity index (χ2v) is 7.85. The number of sulfonamides is 1. The predicted molar refractivity (Wildman–Crippen MR) is 87.9 cm³/mol. The van der Waals surface area contributed by atoms with E-state index in [0.717, 1.165) is 25.7 Å². The molecule has 0 bridgehead atoms. The number of halogens is 1. The lowest BCUT2D eigenvalue weighted by Crippen LogP contribution is -2.44. The highest BCUT2D eigenvalue weighted by atomic mass is 35.5. The number of ether oxygens (including phenoxy) is 1. The van der Waals surface area contributed by atoms with E-state index in [1.165, 1.54) is 13.2 Å². The maximum atomic E-state index is 12.7. The van der Waals surface area contributed by atoms with Crippen LogP contribution in [0.3, 0.4) is 0 Å². The van der Waals surface area contributed by atoms with Crippen molar-refractivity contribution in [3.05, 3.63) is 22.7 Å². The largest absolute Gasteiger partial charge is 0.495 e. The summed E-state index contributed by atoms with van der Waals surface area (Å²) in [6, 6.07) is 2.83. The van der Waals surface area contributed by atoms with Gasteiger partial charge in [-0.2, -0.15) is 0 Å². The first-order valence-electron chi connectivity index (χ1n) is 7.45. The van der Waals surface area contributed by atoms with Crippen LogP contribution in [-0.4, -0.2) is 28.1 Å². The zero-order valence-electron chi connectivity index (χ0n) is 12.9. The SMILES string of the molecule is COc1cc(C)c(S(=O)(=O)NC(CN)C2CCCC2)cc1Cl. The van der Waals surface area contributed by atoms with Gasteiger partial charge in [0.2, 0.25) is 10.0 Å². The minimum atomic E-state index is -3.66. The molecule has 0 heterocycles. The van der Waals surface area contributed by atoms with E-state index in [1.807, 2.05) is 0 Å². The van der Waals surface area contributed by atoms with Gasteiger partial charge in [-0.1, -0.05) is 24.4 Å². The van der Waals surface area contributed by atoms with Crippen LogP contribution >= 0.6 is 11.6 Å². The van der Waals surface area contributed by atoms with Crippen LogP contribution in [0.1, 0.15) is 31.2 Å². The Labute approximate surface area is 137 Å². The molecular weight excluding hydrogens is 324 g/mol. The summed E-state index contributed by atoms with van der Waals surface area (Å²) in [7, 11) is -2.16. The minimum absolute atomic E-state index is 0.176. The molecule has 1 fully saturated rings. The Morgan fingerprint density at radius 3 is 2.59 bits per heavy atom. The Hall–Kier alpha value is -0.820. The minimum Gasteiger partial charge on any atom is -0.495 e. The lowest BCUT2D eigenvalue weighted by Gasteiger charge is -2.23. The lowest BCUT2D eigenvalue weighted by molar-refractivity contribution is 0.405. The van der Waals surface area contributed by atoms with Crippen LogP contribution in [-0.2, 0) is 10.0 Å². The molecule has 3 N–H and O–H groups in total. The summed E-state index contributed by atoms with van der Waals surface area (Å²) < 4.78 is 33.2. The van der Waals surface area contributed by atoms with Crippen molar-refractivity contribution in [1.82, 2.24) is 4.72 Å². The smallest absolute Gasteiger partial charge is 0.241 e.